The summed E-state index contributed by atoms with van der Waals surface area (Å²) >= 11 is 12.0. The lowest BCUT2D eigenvalue weighted by Crippen LogP contribution is -2.32. The monoisotopic (exact) mass is 321 g/mol. The van der Waals surface area contributed by atoms with Crippen LogP contribution in [-0.2, 0) is 10.6 Å². The van der Waals surface area contributed by atoms with E-state index < -0.39 is 5.72 Å². The molecule has 1 heterocycles. The van der Waals surface area contributed by atoms with Crippen molar-refractivity contribution < 1.29 is 4.84 Å². The summed E-state index contributed by atoms with van der Waals surface area (Å²) in [6, 6.07) is 15.6. The third-order valence-electron chi connectivity index (χ3n) is 3.56. The molecule has 0 N–H and O–H groups in total. The molecule has 0 saturated carbocycles. The fourth-order valence-corrected chi connectivity index (χ4v) is 2.83. The molecule has 1 aliphatic rings. The highest BCUT2D eigenvalue weighted by molar-refractivity contribution is 6.30. The van der Waals surface area contributed by atoms with Crippen molar-refractivity contribution in [2.24, 2.45) is 0 Å². The predicted molar refractivity (Wildman–Crippen MR) is 86.4 cm³/mol. The smallest absolute Gasteiger partial charge is 0.216 e. The third-order valence-corrected chi connectivity index (χ3v) is 4.06. The van der Waals surface area contributed by atoms with Crippen molar-refractivity contribution >= 4 is 23.2 Å². The zero-order valence-electron chi connectivity index (χ0n) is 12.2. The van der Waals surface area contributed by atoms with Crippen LogP contribution in [0.4, 0.5) is 0 Å². The van der Waals surface area contributed by atoms with Crippen molar-refractivity contribution in [3.05, 3.63) is 69.7 Å². The van der Waals surface area contributed by atoms with Crippen LogP contribution in [0.2, 0.25) is 10.0 Å². The SMILES string of the molecule is CC(C)(C)N1OC1(c1ccc(Cl)cc1)c1ccc(Cl)cc1. The Bertz CT molecular complexity index is 598. The van der Waals surface area contributed by atoms with Gasteiger partial charge in [0.2, 0.25) is 5.72 Å². The summed E-state index contributed by atoms with van der Waals surface area (Å²) in [7, 11) is 0. The molecule has 2 aromatic rings. The molecular formula is C17H17Cl2NO. The van der Waals surface area contributed by atoms with Crippen LogP contribution in [0.25, 0.3) is 0 Å². The lowest BCUT2D eigenvalue weighted by Gasteiger charge is -2.22. The van der Waals surface area contributed by atoms with E-state index >= 15 is 0 Å². The molecule has 1 atom stereocenters. The molecule has 4 heteroatoms. The van der Waals surface area contributed by atoms with Crippen LogP contribution in [-0.4, -0.2) is 10.6 Å². The van der Waals surface area contributed by atoms with Gasteiger partial charge in [-0.25, -0.2) is 0 Å². The average molecular weight is 322 g/mol. The predicted octanol–water partition coefficient (Wildman–Crippen LogP) is 5.24. The Kier molecular flexibility index (Phi) is 3.53. The van der Waals surface area contributed by atoms with Crippen LogP contribution in [0.3, 0.4) is 0 Å². The fourth-order valence-electron chi connectivity index (χ4n) is 2.58. The highest BCUT2D eigenvalue weighted by atomic mass is 35.5. The molecule has 21 heavy (non-hydrogen) atoms. The molecule has 110 valence electrons. The number of halogens is 2. The molecule has 3 rings (SSSR count). The first-order valence-corrected chi connectivity index (χ1v) is 7.61. The minimum absolute atomic E-state index is 0.112. The molecule has 0 aliphatic carbocycles. The average Bonchev–Trinajstić information content (AvgIpc) is 3.17. The Morgan fingerprint density at radius 1 is 0.810 bits per heavy atom. The van der Waals surface area contributed by atoms with Crippen LogP contribution in [0, 0.1) is 0 Å². The highest BCUT2D eigenvalue weighted by Gasteiger charge is 2.62. The van der Waals surface area contributed by atoms with Gasteiger partial charge in [0.25, 0.3) is 0 Å². The minimum atomic E-state index is -0.562. The molecule has 1 fully saturated rings. The lowest BCUT2D eigenvalue weighted by atomic mass is 9.94. The van der Waals surface area contributed by atoms with Crippen molar-refractivity contribution in [2.75, 3.05) is 0 Å². The van der Waals surface area contributed by atoms with Gasteiger partial charge in [-0.1, -0.05) is 47.5 Å². The topological polar surface area (TPSA) is 15.5 Å². The summed E-state index contributed by atoms with van der Waals surface area (Å²) in [4.78, 5) is 6.07. The summed E-state index contributed by atoms with van der Waals surface area (Å²) in [5.74, 6) is 0. The third kappa shape index (κ3) is 2.58. The quantitative estimate of drug-likeness (QED) is 0.703. The number of hydrogen-bond donors (Lipinski definition) is 0. The molecule has 0 spiro atoms. The van der Waals surface area contributed by atoms with Crippen molar-refractivity contribution in [1.29, 1.82) is 0 Å². The van der Waals surface area contributed by atoms with Gasteiger partial charge in [-0.2, -0.15) is 0 Å². The molecule has 1 saturated heterocycles. The zero-order chi connectivity index (χ0) is 15.3. The van der Waals surface area contributed by atoms with Gasteiger partial charge in [-0.15, -0.1) is 5.06 Å². The van der Waals surface area contributed by atoms with E-state index in [1.807, 2.05) is 53.6 Å². The number of benzene rings is 2. The molecule has 0 amide bonds. The first-order valence-electron chi connectivity index (χ1n) is 6.85. The first-order chi connectivity index (χ1) is 9.84. The van der Waals surface area contributed by atoms with Crippen LogP contribution >= 0.6 is 23.2 Å². The summed E-state index contributed by atoms with van der Waals surface area (Å²) in [6.07, 6.45) is 0. The van der Waals surface area contributed by atoms with Crippen molar-refractivity contribution in [1.82, 2.24) is 5.06 Å². The first kappa shape index (κ1) is 14.9. The van der Waals surface area contributed by atoms with Gasteiger partial charge >= 0.3 is 0 Å². The fraction of sp³-hybridized carbons (Fsp3) is 0.294. The summed E-state index contributed by atoms with van der Waals surface area (Å²) in [6.45, 7) is 6.38. The maximum Gasteiger partial charge on any atom is 0.216 e. The van der Waals surface area contributed by atoms with Crippen LogP contribution in [0.5, 0.6) is 0 Å². The number of rotatable bonds is 2. The number of nitrogens with zero attached hydrogens (tertiary/aromatic N) is 1. The number of hydroxylamine groups is 2. The van der Waals surface area contributed by atoms with E-state index in [4.69, 9.17) is 28.0 Å². The normalized spacial score (nSPS) is 20.3. The van der Waals surface area contributed by atoms with Crippen molar-refractivity contribution in [3.8, 4) is 0 Å². The molecule has 1 unspecified atom stereocenters. The molecule has 0 radical (unpaired) electrons. The molecule has 2 nitrogen and oxygen atoms in total. The van der Waals surface area contributed by atoms with Gasteiger partial charge in [0.15, 0.2) is 0 Å². The van der Waals surface area contributed by atoms with E-state index in [0.717, 1.165) is 11.1 Å². The summed E-state index contributed by atoms with van der Waals surface area (Å²) in [5, 5.41) is 3.44. The van der Waals surface area contributed by atoms with Gasteiger partial charge in [0.1, 0.15) is 0 Å². The molecule has 0 bridgehead atoms. The maximum absolute atomic E-state index is 6.07. The van der Waals surface area contributed by atoms with Crippen molar-refractivity contribution in [2.45, 2.75) is 32.0 Å². The van der Waals surface area contributed by atoms with E-state index in [1.54, 1.807) is 0 Å². The van der Waals surface area contributed by atoms with Crippen LogP contribution in [0.15, 0.2) is 48.5 Å². The highest BCUT2D eigenvalue weighted by Crippen LogP contribution is 2.54. The minimum Gasteiger partial charge on any atom is -0.260 e. The van der Waals surface area contributed by atoms with E-state index in [9.17, 15) is 0 Å². The summed E-state index contributed by atoms with van der Waals surface area (Å²) in [5.41, 5.74) is 1.44. The maximum atomic E-state index is 6.07. The Morgan fingerprint density at radius 2 is 1.19 bits per heavy atom. The molecule has 2 aromatic carbocycles. The van der Waals surface area contributed by atoms with E-state index in [2.05, 4.69) is 20.8 Å². The van der Waals surface area contributed by atoms with Crippen LogP contribution in [0.1, 0.15) is 31.9 Å². The van der Waals surface area contributed by atoms with E-state index in [1.165, 1.54) is 0 Å². The second kappa shape index (κ2) is 4.99. The Hall–Kier alpha value is -1.06. The van der Waals surface area contributed by atoms with Gasteiger partial charge in [-0.3, -0.25) is 4.84 Å². The Balaban J connectivity index is 2.09. The van der Waals surface area contributed by atoms with E-state index in [0.29, 0.717) is 10.0 Å². The number of hydrogen-bond acceptors (Lipinski definition) is 2. The largest absolute Gasteiger partial charge is 0.260 e. The van der Waals surface area contributed by atoms with Gasteiger partial charge < -0.3 is 0 Å². The Morgan fingerprint density at radius 3 is 1.48 bits per heavy atom. The second-order valence-corrected chi connectivity index (χ2v) is 7.09. The lowest BCUT2D eigenvalue weighted by molar-refractivity contribution is 0.101. The molecular weight excluding hydrogens is 305 g/mol. The second-order valence-electron chi connectivity index (χ2n) is 6.21. The van der Waals surface area contributed by atoms with Gasteiger partial charge in [0, 0.05) is 26.7 Å². The molecule has 0 aromatic heterocycles. The Labute approximate surface area is 135 Å². The van der Waals surface area contributed by atoms with Gasteiger partial charge in [-0.05, 0) is 45.0 Å². The standard InChI is InChI=1S/C17H17Cl2NO/c1-16(2,3)20-17(21-20,12-4-8-14(18)9-5-12)13-6-10-15(19)11-7-13/h4-11H,1-3H3. The molecule has 1 aliphatic heterocycles. The zero-order valence-corrected chi connectivity index (χ0v) is 13.7. The van der Waals surface area contributed by atoms with Crippen LogP contribution < -0.4 is 0 Å². The van der Waals surface area contributed by atoms with Crippen molar-refractivity contribution in [3.63, 3.8) is 0 Å². The summed E-state index contributed by atoms with van der Waals surface area (Å²) < 4.78 is 0. The van der Waals surface area contributed by atoms with Gasteiger partial charge in [0.05, 0.1) is 0 Å². The van der Waals surface area contributed by atoms with E-state index in [-0.39, 0.29) is 5.54 Å².